The lowest BCUT2D eigenvalue weighted by atomic mass is 10.1. The van der Waals surface area contributed by atoms with Crippen LogP contribution in [0.25, 0.3) is 0 Å². The van der Waals surface area contributed by atoms with Gasteiger partial charge < -0.3 is 4.90 Å². The van der Waals surface area contributed by atoms with Crippen molar-refractivity contribution in [2.75, 3.05) is 31.3 Å². The molecule has 0 bridgehead atoms. The Morgan fingerprint density at radius 3 is 2.32 bits per heavy atom. The van der Waals surface area contributed by atoms with Crippen molar-refractivity contribution in [3.05, 3.63) is 29.8 Å². The van der Waals surface area contributed by atoms with E-state index >= 15 is 0 Å². The summed E-state index contributed by atoms with van der Waals surface area (Å²) in [5.41, 5.74) is 2.29. The van der Waals surface area contributed by atoms with Gasteiger partial charge in [0.25, 0.3) is 0 Å². The Morgan fingerprint density at radius 1 is 1.16 bits per heavy atom. The van der Waals surface area contributed by atoms with Gasteiger partial charge in [0.2, 0.25) is 10.0 Å². The Morgan fingerprint density at radius 2 is 1.79 bits per heavy atom. The van der Waals surface area contributed by atoms with Gasteiger partial charge in [0.05, 0.1) is 5.75 Å². The van der Waals surface area contributed by atoms with Gasteiger partial charge in [-0.2, -0.15) is 0 Å². The minimum absolute atomic E-state index is 0.225. The predicted molar refractivity (Wildman–Crippen MR) is 81.2 cm³/mol. The van der Waals surface area contributed by atoms with Crippen LogP contribution in [0.4, 0.5) is 5.69 Å². The predicted octanol–water partition coefficient (Wildman–Crippen LogP) is 2.01. The fourth-order valence-corrected chi connectivity index (χ4v) is 2.94. The quantitative estimate of drug-likeness (QED) is 0.794. The van der Waals surface area contributed by atoms with Gasteiger partial charge in [0, 0.05) is 26.3 Å². The van der Waals surface area contributed by atoms with Crippen LogP contribution in [0, 0.1) is 0 Å². The third kappa shape index (κ3) is 6.07. The molecule has 0 fully saturated rings. The van der Waals surface area contributed by atoms with Crippen LogP contribution in [0.1, 0.15) is 25.3 Å². The standard InChI is InChI=1S/C14H24N2O2S/c1-4-5-12-19(17,18)15-11-10-13-6-8-14(9-7-13)16(2)3/h6-9,15H,4-5,10-12H2,1-3H3. The highest BCUT2D eigenvalue weighted by Gasteiger charge is 2.08. The van der Waals surface area contributed by atoms with E-state index in [2.05, 4.69) is 4.72 Å². The maximum Gasteiger partial charge on any atom is 0.211 e. The topological polar surface area (TPSA) is 49.4 Å². The van der Waals surface area contributed by atoms with E-state index in [1.54, 1.807) is 0 Å². The Hall–Kier alpha value is -1.07. The minimum atomic E-state index is -3.09. The molecule has 19 heavy (non-hydrogen) atoms. The lowest BCUT2D eigenvalue weighted by molar-refractivity contribution is 0.578. The van der Waals surface area contributed by atoms with Crippen molar-refractivity contribution in [2.45, 2.75) is 26.2 Å². The summed E-state index contributed by atoms with van der Waals surface area (Å²) in [6.45, 7) is 2.45. The van der Waals surface area contributed by atoms with E-state index in [9.17, 15) is 8.42 Å². The maximum atomic E-state index is 11.6. The average Bonchev–Trinajstić information content (AvgIpc) is 2.37. The van der Waals surface area contributed by atoms with Gasteiger partial charge in [-0.3, -0.25) is 0 Å². The molecular weight excluding hydrogens is 260 g/mol. The third-order valence-corrected chi connectivity index (χ3v) is 4.43. The molecule has 1 aromatic rings. The van der Waals surface area contributed by atoms with Crippen LogP contribution in [0.5, 0.6) is 0 Å². The third-order valence-electron chi connectivity index (χ3n) is 2.96. The molecule has 0 atom stereocenters. The second-order valence-corrected chi connectivity index (χ2v) is 6.80. The number of anilines is 1. The first-order chi connectivity index (χ1) is 8.94. The summed E-state index contributed by atoms with van der Waals surface area (Å²) in [6.07, 6.45) is 2.33. The summed E-state index contributed by atoms with van der Waals surface area (Å²) in [7, 11) is 0.900. The molecule has 0 aromatic heterocycles. The summed E-state index contributed by atoms with van der Waals surface area (Å²) < 4.78 is 25.9. The molecule has 4 nitrogen and oxygen atoms in total. The smallest absolute Gasteiger partial charge is 0.211 e. The highest BCUT2D eigenvalue weighted by Crippen LogP contribution is 2.12. The molecule has 0 amide bonds. The molecule has 0 spiro atoms. The zero-order valence-electron chi connectivity index (χ0n) is 12.0. The Balaban J connectivity index is 2.41. The first-order valence-corrected chi connectivity index (χ1v) is 8.33. The minimum Gasteiger partial charge on any atom is -0.378 e. The summed E-state index contributed by atoms with van der Waals surface area (Å²) >= 11 is 0. The Bertz CT molecular complexity index is 467. The fourth-order valence-electron chi connectivity index (χ4n) is 1.72. The molecule has 0 aliphatic rings. The zero-order chi connectivity index (χ0) is 14.3. The van der Waals surface area contributed by atoms with Crippen LogP contribution in [0.15, 0.2) is 24.3 Å². The number of hydrogen-bond acceptors (Lipinski definition) is 3. The van der Waals surface area contributed by atoms with Crippen LogP contribution >= 0.6 is 0 Å². The van der Waals surface area contributed by atoms with Gasteiger partial charge in [-0.15, -0.1) is 0 Å². The van der Waals surface area contributed by atoms with Crippen molar-refractivity contribution in [3.8, 4) is 0 Å². The molecule has 0 aliphatic heterocycles. The van der Waals surface area contributed by atoms with Crippen molar-refractivity contribution in [2.24, 2.45) is 0 Å². The van der Waals surface area contributed by atoms with E-state index in [1.165, 1.54) is 0 Å². The monoisotopic (exact) mass is 284 g/mol. The van der Waals surface area contributed by atoms with Crippen LogP contribution in [0.2, 0.25) is 0 Å². The highest BCUT2D eigenvalue weighted by atomic mass is 32.2. The first kappa shape index (κ1) is 16.0. The first-order valence-electron chi connectivity index (χ1n) is 6.68. The normalized spacial score (nSPS) is 11.5. The van der Waals surface area contributed by atoms with Crippen molar-refractivity contribution < 1.29 is 8.42 Å². The zero-order valence-corrected chi connectivity index (χ0v) is 12.8. The highest BCUT2D eigenvalue weighted by molar-refractivity contribution is 7.89. The number of nitrogens with zero attached hydrogens (tertiary/aromatic N) is 1. The van der Waals surface area contributed by atoms with Crippen molar-refractivity contribution in [1.29, 1.82) is 0 Å². The van der Waals surface area contributed by atoms with E-state index in [1.807, 2.05) is 50.2 Å². The number of unbranched alkanes of at least 4 members (excludes halogenated alkanes) is 1. The molecule has 1 rings (SSSR count). The van der Waals surface area contributed by atoms with E-state index in [-0.39, 0.29) is 5.75 Å². The lowest BCUT2D eigenvalue weighted by Gasteiger charge is -2.12. The molecule has 0 aliphatic carbocycles. The van der Waals surface area contributed by atoms with Crippen LogP contribution in [0.3, 0.4) is 0 Å². The fraction of sp³-hybridized carbons (Fsp3) is 0.571. The molecule has 0 unspecified atom stereocenters. The number of rotatable bonds is 8. The molecule has 0 saturated heterocycles. The molecule has 0 radical (unpaired) electrons. The van der Waals surface area contributed by atoms with Crippen molar-refractivity contribution in [3.63, 3.8) is 0 Å². The van der Waals surface area contributed by atoms with Crippen LogP contribution in [-0.2, 0) is 16.4 Å². The summed E-state index contributed by atoms with van der Waals surface area (Å²) in [5, 5.41) is 0. The van der Waals surface area contributed by atoms with E-state index in [0.29, 0.717) is 13.0 Å². The van der Waals surface area contributed by atoms with Gasteiger partial charge in [0.15, 0.2) is 0 Å². The van der Waals surface area contributed by atoms with Gasteiger partial charge in [-0.05, 0) is 30.5 Å². The van der Waals surface area contributed by atoms with E-state index in [4.69, 9.17) is 0 Å². The largest absolute Gasteiger partial charge is 0.378 e. The summed E-state index contributed by atoms with van der Waals surface area (Å²) in [4.78, 5) is 2.04. The second-order valence-electron chi connectivity index (χ2n) is 4.88. The number of benzene rings is 1. The Labute approximate surface area is 116 Å². The van der Waals surface area contributed by atoms with Gasteiger partial charge in [-0.1, -0.05) is 25.5 Å². The Kier molecular flexibility index (Phi) is 6.31. The average molecular weight is 284 g/mol. The van der Waals surface area contributed by atoms with Gasteiger partial charge in [-0.25, -0.2) is 13.1 Å². The molecule has 5 heteroatoms. The van der Waals surface area contributed by atoms with Crippen LogP contribution in [-0.4, -0.2) is 34.8 Å². The molecule has 0 saturated carbocycles. The number of sulfonamides is 1. The van der Waals surface area contributed by atoms with Crippen molar-refractivity contribution in [1.82, 2.24) is 4.72 Å². The lowest BCUT2D eigenvalue weighted by Crippen LogP contribution is -2.28. The van der Waals surface area contributed by atoms with Gasteiger partial charge >= 0.3 is 0 Å². The van der Waals surface area contributed by atoms with E-state index < -0.39 is 10.0 Å². The van der Waals surface area contributed by atoms with Crippen molar-refractivity contribution >= 4 is 15.7 Å². The van der Waals surface area contributed by atoms with Gasteiger partial charge in [0.1, 0.15) is 0 Å². The molecule has 1 N–H and O–H groups in total. The van der Waals surface area contributed by atoms with E-state index in [0.717, 1.165) is 24.1 Å². The number of hydrogen-bond donors (Lipinski definition) is 1. The second kappa shape index (κ2) is 7.50. The molecule has 108 valence electrons. The maximum absolute atomic E-state index is 11.6. The van der Waals surface area contributed by atoms with Crippen LogP contribution < -0.4 is 9.62 Å². The molecule has 1 aromatic carbocycles. The SMILES string of the molecule is CCCCS(=O)(=O)NCCc1ccc(N(C)C)cc1. The molecular formula is C14H24N2O2S. The summed E-state index contributed by atoms with van der Waals surface area (Å²) in [5.74, 6) is 0.225. The summed E-state index contributed by atoms with van der Waals surface area (Å²) in [6, 6.07) is 8.16. The molecule has 0 heterocycles. The number of nitrogens with one attached hydrogen (secondary N) is 1.